The van der Waals surface area contributed by atoms with E-state index >= 15 is 0 Å². The summed E-state index contributed by atoms with van der Waals surface area (Å²) in [6.45, 7) is -0.158. The lowest BCUT2D eigenvalue weighted by Gasteiger charge is -2.24. The molecule has 0 saturated heterocycles. The minimum absolute atomic E-state index is 0.0115. The van der Waals surface area contributed by atoms with Crippen LogP contribution in [-0.2, 0) is 20.9 Å². The van der Waals surface area contributed by atoms with Crippen LogP contribution in [0.25, 0.3) is 0 Å². The summed E-state index contributed by atoms with van der Waals surface area (Å²) >= 11 is 11.9. The van der Waals surface area contributed by atoms with E-state index in [1.807, 2.05) is 30.3 Å². The molecule has 0 saturated carbocycles. The molecule has 7 nitrogen and oxygen atoms in total. The van der Waals surface area contributed by atoms with Crippen molar-refractivity contribution in [2.24, 2.45) is 0 Å². The predicted molar refractivity (Wildman–Crippen MR) is 110 cm³/mol. The van der Waals surface area contributed by atoms with Gasteiger partial charge in [0, 0.05) is 13.1 Å². The van der Waals surface area contributed by atoms with Crippen molar-refractivity contribution in [3.8, 4) is 0 Å². The number of amides is 3. The highest BCUT2D eigenvalue weighted by Gasteiger charge is 2.38. The minimum Gasteiger partial charge on any atom is -0.469 e. The van der Waals surface area contributed by atoms with E-state index < -0.39 is 30.2 Å². The molecule has 2 aromatic rings. The molecule has 0 atom stereocenters. The Bertz CT molecular complexity index is 969. The Labute approximate surface area is 183 Å². The van der Waals surface area contributed by atoms with Crippen LogP contribution in [0.15, 0.2) is 42.5 Å². The number of esters is 1. The number of carbonyl (C=O) groups excluding carboxylic acids is 4. The topological polar surface area (TPSA) is 84.0 Å². The molecule has 0 unspecified atom stereocenters. The van der Waals surface area contributed by atoms with Gasteiger partial charge in [-0.1, -0.05) is 53.5 Å². The lowest BCUT2D eigenvalue weighted by atomic mass is 10.1. The summed E-state index contributed by atoms with van der Waals surface area (Å²) in [4.78, 5) is 52.1. The number of nitrogens with zero attached hydrogens (tertiary/aromatic N) is 2. The Morgan fingerprint density at radius 2 is 1.57 bits per heavy atom. The normalized spacial score (nSPS) is 12.7. The molecule has 9 heteroatoms. The highest BCUT2D eigenvalue weighted by atomic mass is 35.5. The van der Waals surface area contributed by atoms with Gasteiger partial charge in [0.15, 0.2) is 0 Å². The number of halogens is 2. The molecule has 3 rings (SSSR count). The van der Waals surface area contributed by atoms with Gasteiger partial charge in [-0.15, -0.1) is 0 Å². The second-order valence-electron chi connectivity index (χ2n) is 6.64. The monoisotopic (exact) mass is 448 g/mol. The summed E-state index contributed by atoms with van der Waals surface area (Å²) in [6, 6.07) is 11.8. The number of imide groups is 1. The van der Waals surface area contributed by atoms with E-state index in [1.165, 1.54) is 24.1 Å². The van der Waals surface area contributed by atoms with Gasteiger partial charge in [0.25, 0.3) is 11.8 Å². The summed E-state index contributed by atoms with van der Waals surface area (Å²) in [7, 11) is 1.26. The molecular weight excluding hydrogens is 431 g/mol. The largest absolute Gasteiger partial charge is 0.469 e. The molecular formula is C21H18Cl2N2O5. The lowest BCUT2D eigenvalue weighted by Crippen LogP contribution is -2.43. The van der Waals surface area contributed by atoms with Crippen LogP contribution in [0, 0.1) is 0 Å². The Morgan fingerprint density at radius 1 is 1.00 bits per heavy atom. The van der Waals surface area contributed by atoms with Crippen molar-refractivity contribution in [2.75, 3.05) is 20.2 Å². The molecule has 1 heterocycles. The number of hydrogen-bond donors (Lipinski definition) is 0. The first-order valence-corrected chi connectivity index (χ1v) is 9.81. The second kappa shape index (κ2) is 9.28. The maximum Gasteiger partial charge on any atom is 0.307 e. The molecule has 0 aliphatic carbocycles. The van der Waals surface area contributed by atoms with Crippen LogP contribution < -0.4 is 0 Å². The van der Waals surface area contributed by atoms with Crippen molar-refractivity contribution in [1.29, 1.82) is 0 Å². The maximum atomic E-state index is 13.0. The van der Waals surface area contributed by atoms with Gasteiger partial charge in [0.2, 0.25) is 5.91 Å². The zero-order chi connectivity index (χ0) is 21.8. The first-order valence-electron chi connectivity index (χ1n) is 9.05. The number of hydrogen-bond acceptors (Lipinski definition) is 5. The fraction of sp³-hybridized carbons (Fsp3) is 0.238. The third-order valence-corrected chi connectivity index (χ3v) is 5.41. The maximum absolute atomic E-state index is 13.0. The molecule has 0 radical (unpaired) electrons. The standard InChI is InChI=1S/C21H18Cl2N2O5/c1-30-19(27)7-8-24(11-13-5-3-2-4-6-13)18(26)12-25-20(28)14-9-16(22)17(23)10-15(14)21(25)29/h2-6,9-10H,7-8,11-12H2,1H3. The van der Waals surface area contributed by atoms with Crippen LogP contribution >= 0.6 is 23.2 Å². The first kappa shape index (κ1) is 21.8. The van der Waals surface area contributed by atoms with Gasteiger partial charge in [0.05, 0.1) is 34.7 Å². The van der Waals surface area contributed by atoms with Crippen molar-refractivity contribution in [1.82, 2.24) is 9.80 Å². The zero-order valence-electron chi connectivity index (χ0n) is 16.1. The fourth-order valence-corrected chi connectivity index (χ4v) is 3.41. The fourth-order valence-electron chi connectivity index (χ4n) is 3.09. The average Bonchev–Trinajstić information content (AvgIpc) is 2.96. The summed E-state index contributed by atoms with van der Waals surface area (Å²) in [5.74, 6) is -2.18. The van der Waals surface area contributed by atoms with Gasteiger partial charge in [-0.25, -0.2) is 0 Å². The number of fused-ring (bicyclic) bond motifs is 1. The van der Waals surface area contributed by atoms with Crippen LogP contribution in [0.1, 0.15) is 32.7 Å². The quantitative estimate of drug-likeness (QED) is 0.479. The Kier molecular flexibility index (Phi) is 6.74. The van der Waals surface area contributed by atoms with Crippen LogP contribution in [0.4, 0.5) is 0 Å². The summed E-state index contributed by atoms with van der Waals surface area (Å²) in [6.07, 6.45) is -0.0115. The molecule has 0 N–H and O–H groups in total. The lowest BCUT2D eigenvalue weighted by molar-refractivity contribution is -0.142. The van der Waals surface area contributed by atoms with Crippen molar-refractivity contribution >= 4 is 46.9 Å². The number of methoxy groups -OCH3 is 1. The molecule has 0 bridgehead atoms. The summed E-state index contributed by atoms with van der Waals surface area (Å²) in [5, 5.41) is 0.294. The van der Waals surface area contributed by atoms with E-state index in [0.717, 1.165) is 10.5 Å². The Morgan fingerprint density at radius 3 is 2.10 bits per heavy atom. The third kappa shape index (κ3) is 4.63. The van der Waals surface area contributed by atoms with Gasteiger partial charge in [-0.3, -0.25) is 24.1 Å². The van der Waals surface area contributed by atoms with Crippen molar-refractivity contribution in [3.63, 3.8) is 0 Å². The minimum atomic E-state index is -0.616. The molecule has 30 heavy (non-hydrogen) atoms. The SMILES string of the molecule is COC(=O)CCN(Cc1ccccc1)C(=O)CN1C(=O)c2cc(Cl)c(Cl)cc2C1=O. The molecule has 1 aliphatic heterocycles. The van der Waals surface area contributed by atoms with Crippen molar-refractivity contribution < 1.29 is 23.9 Å². The van der Waals surface area contributed by atoms with Gasteiger partial charge in [-0.05, 0) is 17.7 Å². The van der Waals surface area contributed by atoms with Gasteiger partial charge < -0.3 is 9.64 Å². The van der Waals surface area contributed by atoms with E-state index in [-0.39, 0.29) is 40.7 Å². The first-order chi connectivity index (χ1) is 14.3. The summed E-state index contributed by atoms with van der Waals surface area (Å²) < 4.78 is 4.64. The number of ether oxygens (including phenoxy) is 1. The molecule has 156 valence electrons. The van der Waals surface area contributed by atoms with Gasteiger partial charge in [-0.2, -0.15) is 0 Å². The van der Waals surface area contributed by atoms with E-state index in [2.05, 4.69) is 4.74 Å². The molecule has 0 fully saturated rings. The van der Waals surface area contributed by atoms with Crippen LogP contribution in [0.3, 0.4) is 0 Å². The highest BCUT2D eigenvalue weighted by molar-refractivity contribution is 6.43. The van der Waals surface area contributed by atoms with Crippen LogP contribution in [0.5, 0.6) is 0 Å². The number of carbonyl (C=O) groups is 4. The summed E-state index contributed by atoms with van der Waals surface area (Å²) in [5.41, 5.74) is 1.05. The van der Waals surface area contributed by atoms with Crippen molar-refractivity contribution in [3.05, 3.63) is 69.2 Å². The van der Waals surface area contributed by atoms with Gasteiger partial charge in [0.1, 0.15) is 6.54 Å². The second-order valence-corrected chi connectivity index (χ2v) is 7.45. The van der Waals surface area contributed by atoms with Crippen LogP contribution in [0.2, 0.25) is 10.0 Å². The molecule has 3 amide bonds. The van der Waals surface area contributed by atoms with Crippen LogP contribution in [-0.4, -0.2) is 53.7 Å². The zero-order valence-corrected chi connectivity index (χ0v) is 17.6. The molecule has 0 spiro atoms. The average molecular weight is 449 g/mol. The van der Waals surface area contributed by atoms with E-state index in [4.69, 9.17) is 23.2 Å². The molecule has 0 aromatic heterocycles. The van der Waals surface area contributed by atoms with Gasteiger partial charge >= 0.3 is 5.97 Å². The molecule has 1 aliphatic rings. The number of benzene rings is 2. The van der Waals surface area contributed by atoms with E-state index in [9.17, 15) is 19.2 Å². The Balaban J connectivity index is 1.78. The van der Waals surface area contributed by atoms with E-state index in [0.29, 0.717) is 0 Å². The van der Waals surface area contributed by atoms with Crippen molar-refractivity contribution in [2.45, 2.75) is 13.0 Å². The number of rotatable bonds is 7. The smallest absolute Gasteiger partial charge is 0.307 e. The Hall–Kier alpha value is -2.90. The third-order valence-electron chi connectivity index (χ3n) is 4.69. The molecule has 2 aromatic carbocycles. The highest BCUT2D eigenvalue weighted by Crippen LogP contribution is 2.31. The van der Waals surface area contributed by atoms with E-state index in [1.54, 1.807) is 0 Å². The predicted octanol–water partition coefficient (Wildman–Crippen LogP) is 3.18.